The van der Waals surface area contributed by atoms with Gasteiger partial charge in [-0.2, -0.15) is 0 Å². The van der Waals surface area contributed by atoms with Gasteiger partial charge < -0.3 is 0 Å². The predicted octanol–water partition coefficient (Wildman–Crippen LogP) is 2.88. The molecule has 5 rings (SSSR count). The predicted molar refractivity (Wildman–Crippen MR) is 55.4 cm³/mol. The molecule has 0 nitrogen and oxygen atoms in total. The average molecular weight is 184 g/mol. The lowest BCUT2D eigenvalue weighted by atomic mass is 9.88. The van der Waals surface area contributed by atoms with Crippen molar-refractivity contribution in [2.45, 2.75) is 12.8 Å². The van der Waals surface area contributed by atoms with Gasteiger partial charge in [0, 0.05) is 0 Å². The summed E-state index contributed by atoms with van der Waals surface area (Å²) in [7, 11) is 0. The van der Waals surface area contributed by atoms with Gasteiger partial charge in [-0.25, -0.2) is 0 Å². The van der Waals surface area contributed by atoms with E-state index in [1.54, 1.807) is 0 Å². The second kappa shape index (κ2) is 1.89. The highest BCUT2D eigenvalue weighted by molar-refractivity contribution is 5.29. The Morgan fingerprint density at radius 2 is 1.21 bits per heavy atom. The van der Waals surface area contributed by atoms with E-state index in [0.29, 0.717) is 0 Å². The number of hydrogen-bond acceptors (Lipinski definition) is 0. The maximum absolute atomic E-state index is 2.57. The molecule has 14 heavy (non-hydrogen) atoms. The minimum Gasteiger partial charge on any atom is -0.0848 e. The van der Waals surface area contributed by atoms with Crippen LogP contribution in [-0.4, -0.2) is 0 Å². The topological polar surface area (TPSA) is 0 Å². The highest BCUT2D eigenvalue weighted by Crippen LogP contribution is 2.70. The molecule has 3 fully saturated rings. The third kappa shape index (κ3) is 0.515. The van der Waals surface area contributed by atoms with E-state index in [4.69, 9.17) is 0 Å². The monoisotopic (exact) mass is 184 g/mol. The third-order valence-corrected chi connectivity index (χ3v) is 6.07. The van der Waals surface area contributed by atoms with Crippen molar-refractivity contribution in [2.75, 3.05) is 0 Å². The lowest BCUT2D eigenvalue weighted by molar-refractivity contribution is 0.321. The Bertz CT molecular complexity index is 330. The van der Waals surface area contributed by atoms with Crippen LogP contribution in [-0.2, 0) is 0 Å². The molecule has 0 spiro atoms. The summed E-state index contributed by atoms with van der Waals surface area (Å²) in [5.41, 5.74) is 0. The Morgan fingerprint density at radius 1 is 0.643 bits per heavy atom. The van der Waals surface area contributed by atoms with E-state index in [9.17, 15) is 0 Å². The zero-order chi connectivity index (χ0) is 8.86. The van der Waals surface area contributed by atoms with E-state index in [1.165, 1.54) is 12.8 Å². The largest absolute Gasteiger partial charge is 0.0848 e. The average Bonchev–Trinajstić information content (AvgIpc) is 2.77. The SMILES string of the molecule is C1=C[C@@H]2C3C4C(C[C@@H]13)C[C@@H]1C=C[C@H]2C41. The van der Waals surface area contributed by atoms with E-state index in [1.807, 2.05) is 0 Å². The lowest BCUT2D eigenvalue weighted by Gasteiger charge is -2.16. The summed E-state index contributed by atoms with van der Waals surface area (Å²) in [6, 6.07) is 0. The van der Waals surface area contributed by atoms with Crippen molar-refractivity contribution < 1.29 is 0 Å². The number of allylic oxidation sites excluding steroid dienone is 4. The van der Waals surface area contributed by atoms with Crippen LogP contribution in [0.4, 0.5) is 0 Å². The Hall–Kier alpha value is -0.520. The van der Waals surface area contributed by atoms with Crippen molar-refractivity contribution in [3.8, 4) is 0 Å². The van der Waals surface area contributed by atoms with E-state index in [-0.39, 0.29) is 0 Å². The quantitative estimate of drug-likeness (QED) is 0.508. The van der Waals surface area contributed by atoms with Crippen molar-refractivity contribution in [1.82, 2.24) is 0 Å². The Morgan fingerprint density at radius 3 is 1.79 bits per heavy atom. The molecule has 0 heterocycles. The molecular formula is C14H16. The molecule has 4 unspecified atom stereocenters. The van der Waals surface area contributed by atoms with Gasteiger partial charge in [-0.05, 0) is 60.2 Å². The molecular weight excluding hydrogens is 168 g/mol. The Kier molecular flexibility index (Phi) is 0.929. The fourth-order valence-electron chi connectivity index (χ4n) is 5.95. The van der Waals surface area contributed by atoms with Gasteiger partial charge in [-0.15, -0.1) is 0 Å². The molecule has 72 valence electrons. The maximum Gasteiger partial charge on any atom is -0.0131 e. The molecule has 0 aromatic rings. The first kappa shape index (κ1) is 6.87. The van der Waals surface area contributed by atoms with Gasteiger partial charge in [-0.3, -0.25) is 0 Å². The van der Waals surface area contributed by atoms with Gasteiger partial charge in [-0.1, -0.05) is 24.3 Å². The summed E-state index contributed by atoms with van der Waals surface area (Å²) in [4.78, 5) is 0. The van der Waals surface area contributed by atoms with Crippen LogP contribution in [0.3, 0.4) is 0 Å². The molecule has 0 heteroatoms. The molecule has 0 N–H and O–H groups in total. The van der Waals surface area contributed by atoms with Crippen LogP contribution < -0.4 is 0 Å². The van der Waals surface area contributed by atoms with Crippen LogP contribution in [0.1, 0.15) is 12.8 Å². The molecule has 0 radical (unpaired) electrons. The number of rotatable bonds is 0. The zero-order valence-corrected chi connectivity index (χ0v) is 8.34. The molecule has 0 aliphatic heterocycles. The molecule has 0 aromatic carbocycles. The third-order valence-electron chi connectivity index (χ3n) is 6.07. The summed E-state index contributed by atoms with van der Waals surface area (Å²) >= 11 is 0. The van der Waals surface area contributed by atoms with E-state index in [0.717, 1.165) is 47.3 Å². The minimum atomic E-state index is 0.960. The van der Waals surface area contributed by atoms with Crippen molar-refractivity contribution in [1.29, 1.82) is 0 Å². The standard InChI is InChI=1S/C14H16/c1-3-10-11-4-2-8-6-9-5-7(1)12(10)14(9)13(8)11/h1-4,7-14H,5-6H2/t7-,8+,9?,10+,11-,12?,13?,14?. The van der Waals surface area contributed by atoms with Gasteiger partial charge in [0.1, 0.15) is 0 Å². The molecule has 0 bridgehead atoms. The molecule has 0 aromatic heterocycles. The fraction of sp³-hybridized carbons (Fsp3) is 0.714. The van der Waals surface area contributed by atoms with Gasteiger partial charge >= 0.3 is 0 Å². The molecule has 0 saturated heterocycles. The van der Waals surface area contributed by atoms with E-state index < -0.39 is 0 Å². The minimum absolute atomic E-state index is 0.960. The van der Waals surface area contributed by atoms with Crippen molar-refractivity contribution >= 4 is 0 Å². The Balaban J connectivity index is 1.77. The summed E-state index contributed by atoms with van der Waals surface area (Å²) in [5.74, 6) is 8.33. The second-order valence-corrected chi connectivity index (χ2v) is 6.22. The molecule has 5 aliphatic carbocycles. The second-order valence-electron chi connectivity index (χ2n) is 6.22. The van der Waals surface area contributed by atoms with Gasteiger partial charge in [0.15, 0.2) is 0 Å². The molecule has 3 saturated carbocycles. The lowest BCUT2D eigenvalue weighted by Crippen LogP contribution is -2.13. The van der Waals surface area contributed by atoms with Crippen LogP contribution in [0.2, 0.25) is 0 Å². The molecule has 8 atom stereocenters. The Labute approximate surface area is 85.1 Å². The van der Waals surface area contributed by atoms with Crippen molar-refractivity contribution in [2.24, 2.45) is 47.3 Å². The molecule has 5 aliphatic rings. The highest BCUT2D eigenvalue weighted by atomic mass is 14.7. The summed E-state index contributed by atoms with van der Waals surface area (Å²) in [6.07, 6.45) is 13.3. The first-order valence-corrected chi connectivity index (χ1v) is 6.30. The first-order chi connectivity index (χ1) is 6.93. The van der Waals surface area contributed by atoms with Gasteiger partial charge in [0.2, 0.25) is 0 Å². The number of hydrogen-bond donors (Lipinski definition) is 0. The number of fused-ring (bicyclic) bond motifs is 1. The molecule has 0 amide bonds. The summed E-state index contributed by atoms with van der Waals surface area (Å²) in [6.45, 7) is 0. The van der Waals surface area contributed by atoms with Gasteiger partial charge in [0.05, 0.1) is 0 Å². The smallest absolute Gasteiger partial charge is 0.0131 e. The highest BCUT2D eigenvalue weighted by Gasteiger charge is 2.65. The van der Waals surface area contributed by atoms with Crippen LogP contribution in [0.25, 0.3) is 0 Å². The summed E-state index contributed by atoms with van der Waals surface area (Å²) in [5, 5.41) is 0. The normalized spacial score (nSPS) is 69.7. The van der Waals surface area contributed by atoms with Crippen LogP contribution in [0.15, 0.2) is 24.3 Å². The van der Waals surface area contributed by atoms with Crippen LogP contribution in [0.5, 0.6) is 0 Å². The van der Waals surface area contributed by atoms with E-state index in [2.05, 4.69) is 24.3 Å². The van der Waals surface area contributed by atoms with Crippen molar-refractivity contribution in [3.63, 3.8) is 0 Å². The summed E-state index contributed by atoms with van der Waals surface area (Å²) < 4.78 is 0. The van der Waals surface area contributed by atoms with Gasteiger partial charge in [0.25, 0.3) is 0 Å². The maximum atomic E-state index is 2.57. The van der Waals surface area contributed by atoms with Crippen LogP contribution >= 0.6 is 0 Å². The van der Waals surface area contributed by atoms with Crippen LogP contribution in [0, 0.1) is 47.3 Å². The van der Waals surface area contributed by atoms with E-state index >= 15 is 0 Å². The first-order valence-electron chi connectivity index (χ1n) is 6.30. The van der Waals surface area contributed by atoms with Crippen molar-refractivity contribution in [3.05, 3.63) is 24.3 Å². The fourth-order valence-corrected chi connectivity index (χ4v) is 5.95. The zero-order valence-electron chi connectivity index (χ0n) is 8.34.